The van der Waals surface area contributed by atoms with Crippen molar-refractivity contribution in [2.45, 2.75) is 64.8 Å². The number of carbonyl (C=O) groups excluding carboxylic acids is 1. The fourth-order valence-corrected chi connectivity index (χ4v) is 2.51. The van der Waals surface area contributed by atoms with Gasteiger partial charge in [-0.2, -0.15) is 0 Å². The van der Waals surface area contributed by atoms with Gasteiger partial charge in [-0.15, -0.1) is 0 Å². The zero-order chi connectivity index (χ0) is 12.7. The average molecular weight is 240 g/mol. The Morgan fingerprint density at radius 2 is 2.00 bits per heavy atom. The van der Waals surface area contributed by atoms with E-state index < -0.39 is 0 Å². The van der Waals surface area contributed by atoms with Crippen LogP contribution in [0.4, 0.5) is 0 Å². The second-order valence-corrected chi connectivity index (χ2v) is 5.74. The number of nitrogens with two attached hydrogens (primary N) is 1. The van der Waals surface area contributed by atoms with E-state index in [1.165, 1.54) is 19.3 Å². The molecule has 2 atom stereocenters. The van der Waals surface area contributed by atoms with Gasteiger partial charge in [-0.05, 0) is 31.6 Å². The lowest BCUT2D eigenvalue weighted by atomic mass is 9.94. The van der Waals surface area contributed by atoms with Crippen LogP contribution in [0.2, 0.25) is 0 Å². The number of nitrogens with one attached hydrogen (secondary N) is 1. The summed E-state index contributed by atoms with van der Waals surface area (Å²) >= 11 is 0. The third-order valence-corrected chi connectivity index (χ3v) is 3.66. The molecule has 0 spiro atoms. The summed E-state index contributed by atoms with van der Waals surface area (Å²) < 4.78 is 0. The quantitative estimate of drug-likeness (QED) is 0.573. The number of rotatable bonds is 5. The van der Waals surface area contributed by atoms with Gasteiger partial charge in [0, 0.05) is 12.6 Å². The molecule has 0 heterocycles. The Labute approximate surface area is 106 Å². The lowest BCUT2D eigenvalue weighted by Gasteiger charge is -2.20. The molecule has 1 fully saturated rings. The molecule has 1 rings (SSSR count). The number of hydrogen-bond donors (Lipinski definition) is 2. The van der Waals surface area contributed by atoms with Crippen LogP contribution in [-0.2, 0) is 4.79 Å². The first kappa shape index (κ1) is 14.5. The van der Waals surface area contributed by atoms with Gasteiger partial charge in [0.2, 0.25) is 5.91 Å². The van der Waals surface area contributed by atoms with Crippen molar-refractivity contribution in [3.63, 3.8) is 0 Å². The zero-order valence-corrected chi connectivity index (χ0v) is 11.4. The van der Waals surface area contributed by atoms with Crippen molar-refractivity contribution >= 4 is 5.91 Å². The predicted molar refractivity (Wildman–Crippen MR) is 71.6 cm³/mol. The van der Waals surface area contributed by atoms with Gasteiger partial charge in [0.1, 0.15) is 0 Å². The van der Waals surface area contributed by atoms with Crippen molar-refractivity contribution in [1.29, 1.82) is 0 Å². The van der Waals surface area contributed by atoms with Crippen molar-refractivity contribution in [3.05, 3.63) is 0 Å². The van der Waals surface area contributed by atoms with Gasteiger partial charge < -0.3 is 11.1 Å². The number of amides is 1. The highest BCUT2D eigenvalue weighted by molar-refractivity contribution is 5.79. The summed E-state index contributed by atoms with van der Waals surface area (Å²) in [7, 11) is 0. The fraction of sp³-hybridized carbons (Fsp3) is 0.929. The summed E-state index contributed by atoms with van der Waals surface area (Å²) in [5.41, 5.74) is 6.07. The van der Waals surface area contributed by atoms with Crippen molar-refractivity contribution in [3.8, 4) is 0 Å². The van der Waals surface area contributed by atoms with Gasteiger partial charge in [0.15, 0.2) is 0 Å². The minimum atomic E-state index is 0.0524. The molecule has 1 aliphatic carbocycles. The molecule has 3 nitrogen and oxygen atoms in total. The van der Waals surface area contributed by atoms with E-state index in [1.807, 2.05) is 0 Å². The van der Waals surface area contributed by atoms with Gasteiger partial charge in [0.25, 0.3) is 0 Å². The van der Waals surface area contributed by atoms with E-state index in [2.05, 4.69) is 19.2 Å². The summed E-state index contributed by atoms with van der Waals surface area (Å²) in [6, 6.07) is 0.0719. The smallest absolute Gasteiger partial charge is 0.224 e. The van der Waals surface area contributed by atoms with Crippen LogP contribution in [-0.4, -0.2) is 18.5 Å². The summed E-state index contributed by atoms with van der Waals surface area (Å²) in [6.07, 6.45) is 7.78. The van der Waals surface area contributed by atoms with E-state index in [9.17, 15) is 4.79 Å². The van der Waals surface area contributed by atoms with Crippen LogP contribution in [0.5, 0.6) is 0 Å². The molecule has 0 aromatic heterocycles. The van der Waals surface area contributed by atoms with Crippen molar-refractivity contribution < 1.29 is 4.79 Å². The van der Waals surface area contributed by atoms with E-state index in [4.69, 9.17) is 5.73 Å². The number of hydrogen-bond acceptors (Lipinski definition) is 2. The normalized spacial score (nSPS) is 25.6. The largest absolute Gasteiger partial charge is 0.356 e. The molecule has 2 unspecified atom stereocenters. The molecule has 0 saturated heterocycles. The molecule has 0 bridgehead atoms. The second kappa shape index (κ2) is 7.70. The van der Waals surface area contributed by atoms with E-state index in [1.54, 1.807) is 0 Å². The minimum absolute atomic E-state index is 0.0524. The molecule has 0 aliphatic heterocycles. The van der Waals surface area contributed by atoms with Crippen LogP contribution in [0, 0.1) is 11.8 Å². The molecule has 1 amide bonds. The Kier molecular flexibility index (Phi) is 6.56. The first-order chi connectivity index (χ1) is 8.11. The van der Waals surface area contributed by atoms with Crippen LogP contribution in [0.15, 0.2) is 0 Å². The lowest BCUT2D eigenvalue weighted by Crippen LogP contribution is -2.41. The van der Waals surface area contributed by atoms with E-state index in [0.29, 0.717) is 5.92 Å². The molecule has 100 valence electrons. The molecule has 0 aromatic rings. The Balaban J connectivity index is 2.25. The molecule has 1 aliphatic rings. The van der Waals surface area contributed by atoms with E-state index >= 15 is 0 Å². The standard InChI is InChI=1S/C14H28N2O/c1-11(2)7-6-10-16-14(17)12-8-4-3-5-9-13(12)15/h11-13H,3-10,15H2,1-2H3,(H,16,17). The molecule has 0 radical (unpaired) electrons. The van der Waals surface area contributed by atoms with E-state index in [-0.39, 0.29) is 17.9 Å². The highest BCUT2D eigenvalue weighted by atomic mass is 16.1. The van der Waals surface area contributed by atoms with Crippen molar-refractivity contribution in [1.82, 2.24) is 5.32 Å². The Morgan fingerprint density at radius 1 is 1.29 bits per heavy atom. The van der Waals surface area contributed by atoms with Gasteiger partial charge in [-0.1, -0.05) is 33.1 Å². The molecule has 1 saturated carbocycles. The topological polar surface area (TPSA) is 55.1 Å². The SMILES string of the molecule is CC(C)CCCNC(=O)C1CCCCCC1N. The van der Waals surface area contributed by atoms with Crippen LogP contribution >= 0.6 is 0 Å². The van der Waals surface area contributed by atoms with Gasteiger partial charge in [-0.25, -0.2) is 0 Å². The van der Waals surface area contributed by atoms with Crippen LogP contribution in [0.3, 0.4) is 0 Å². The molecule has 3 N–H and O–H groups in total. The lowest BCUT2D eigenvalue weighted by molar-refractivity contribution is -0.125. The fourth-order valence-electron chi connectivity index (χ4n) is 2.51. The number of carbonyl (C=O) groups is 1. The van der Waals surface area contributed by atoms with E-state index in [0.717, 1.165) is 32.2 Å². The van der Waals surface area contributed by atoms with Crippen LogP contribution < -0.4 is 11.1 Å². The Bertz CT molecular complexity index is 228. The van der Waals surface area contributed by atoms with Crippen molar-refractivity contribution in [2.75, 3.05) is 6.54 Å². The Morgan fingerprint density at radius 3 is 2.71 bits per heavy atom. The first-order valence-corrected chi connectivity index (χ1v) is 7.14. The highest BCUT2D eigenvalue weighted by Gasteiger charge is 2.26. The first-order valence-electron chi connectivity index (χ1n) is 7.14. The van der Waals surface area contributed by atoms with Gasteiger partial charge in [0.05, 0.1) is 5.92 Å². The predicted octanol–water partition coefficient (Wildman–Crippen LogP) is 2.45. The van der Waals surface area contributed by atoms with Crippen LogP contribution in [0.1, 0.15) is 58.8 Å². The molecule has 17 heavy (non-hydrogen) atoms. The molecule has 0 aromatic carbocycles. The summed E-state index contributed by atoms with van der Waals surface area (Å²) in [6.45, 7) is 5.23. The highest BCUT2D eigenvalue weighted by Crippen LogP contribution is 2.22. The summed E-state index contributed by atoms with van der Waals surface area (Å²) in [5, 5.41) is 3.05. The molecular weight excluding hydrogens is 212 g/mol. The third-order valence-electron chi connectivity index (χ3n) is 3.66. The third kappa shape index (κ3) is 5.53. The summed E-state index contributed by atoms with van der Waals surface area (Å²) in [5.74, 6) is 0.951. The average Bonchev–Trinajstić information content (AvgIpc) is 2.48. The maximum Gasteiger partial charge on any atom is 0.224 e. The maximum absolute atomic E-state index is 12.0. The van der Waals surface area contributed by atoms with Gasteiger partial charge in [-0.3, -0.25) is 4.79 Å². The molecular formula is C14H28N2O. The minimum Gasteiger partial charge on any atom is -0.356 e. The zero-order valence-electron chi connectivity index (χ0n) is 11.4. The van der Waals surface area contributed by atoms with Gasteiger partial charge >= 0.3 is 0 Å². The summed E-state index contributed by atoms with van der Waals surface area (Å²) in [4.78, 5) is 12.0. The monoisotopic (exact) mass is 240 g/mol. The maximum atomic E-state index is 12.0. The second-order valence-electron chi connectivity index (χ2n) is 5.74. The Hall–Kier alpha value is -0.570. The molecule has 3 heteroatoms. The van der Waals surface area contributed by atoms with Crippen LogP contribution in [0.25, 0.3) is 0 Å². The van der Waals surface area contributed by atoms with Crippen molar-refractivity contribution in [2.24, 2.45) is 17.6 Å².